The van der Waals surface area contributed by atoms with Crippen LogP contribution in [-0.4, -0.2) is 44.5 Å². The van der Waals surface area contributed by atoms with Gasteiger partial charge in [0.25, 0.3) is 0 Å². The minimum absolute atomic E-state index is 0.124. The molecule has 5 rings (SSSR count). The molecule has 36 heavy (non-hydrogen) atoms. The van der Waals surface area contributed by atoms with E-state index >= 15 is 0 Å². The van der Waals surface area contributed by atoms with Crippen LogP contribution >= 0.6 is 0 Å². The molecule has 0 saturated heterocycles. The van der Waals surface area contributed by atoms with Crippen LogP contribution in [0, 0.1) is 0 Å². The van der Waals surface area contributed by atoms with Crippen molar-refractivity contribution >= 4 is 0 Å². The van der Waals surface area contributed by atoms with Crippen molar-refractivity contribution in [2.24, 2.45) is 0 Å². The molecule has 0 amide bonds. The molecule has 1 aromatic carbocycles. The summed E-state index contributed by atoms with van der Waals surface area (Å²) in [6.07, 6.45) is 14.4. The van der Waals surface area contributed by atoms with Gasteiger partial charge in [-0.3, -0.25) is 9.13 Å². The van der Waals surface area contributed by atoms with Crippen molar-refractivity contribution in [3.8, 4) is 17.3 Å². The quantitative estimate of drug-likeness (QED) is 0.373. The number of aromatic amines is 1. The highest BCUT2D eigenvalue weighted by Gasteiger charge is 2.32. The number of H-pyrrole nitrogens is 1. The molecular formula is C25H30N10O. The van der Waals surface area contributed by atoms with Gasteiger partial charge in [-0.2, -0.15) is 0 Å². The first-order valence-electron chi connectivity index (χ1n) is 12.2. The molecule has 1 aliphatic rings. The Morgan fingerprint density at radius 1 is 1.14 bits per heavy atom. The maximum absolute atomic E-state index is 13.9. The zero-order valence-corrected chi connectivity index (χ0v) is 20.7. The number of aromatic nitrogens is 9. The number of imidazole rings is 1. The number of rotatable bonds is 9. The number of nitrogens with zero attached hydrogens (tertiary/aromatic N) is 8. The fourth-order valence-corrected chi connectivity index (χ4v) is 4.56. The van der Waals surface area contributed by atoms with Gasteiger partial charge in [-0.15, -0.1) is 15.3 Å². The fraction of sp³-hybridized carbons (Fsp3) is 0.360. The molecule has 0 atom stereocenters. The van der Waals surface area contributed by atoms with Crippen molar-refractivity contribution in [3.05, 3.63) is 83.1 Å². The maximum atomic E-state index is 13.9. The minimum Gasteiger partial charge on any atom is -0.368 e. The lowest BCUT2D eigenvalue weighted by Gasteiger charge is -2.31. The van der Waals surface area contributed by atoms with Gasteiger partial charge in [-0.05, 0) is 61.1 Å². The van der Waals surface area contributed by atoms with E-state index in [0.717, 1.165) is 36.1 Å². The standard InChI is InChI=1S/C25H30N10O/c1-4-5-9-21-15-33(23-30-27-17-35(23)18(2)3)24(36)34(21)16-25(10-12-26-13-11-25)20-8-6-7-19(14-20)22-28-31-32-29-22/h6-8,10-15,17-18,26H,4-5,9,16H2,1-3H3,(H,28,29,31,32). The van der Waals surface area contributed by atoms with Crippen LogP contribution in [0.1, 0.15) is 50.9 Å². The smallest absolute Gasteiger partial charge is 0.335 e. The molecule has 0 fully saturated rings. The van der Waals surface area contributed by atoms with Crippen LogP contribution < -0.4 is 11.0 Å². The summed E-state index contributed by atoms with van der Waals surface area (Å²) in [5.74, 6) is 1.12. The molecule has 0 bridgehead atoms. The maximum Gasteiger partial charge on any atom is 0.335 e. The van der Waals surface area contributed by atoms with Gasteiger partial charge in [0, 0.05) is 30.0 Å². The molecule has 4 aromatic rings. The Bertz CT molecular complexity index is 1430. The largest absolute Gasteiger partial charge is 0.368 e. The Kier molecular flexibility index (Phi) is 6.36. The summed E-state index contributed by atoms with van der Waals surface area (Å²) in [5.41, 5.74) is 2.18. The number of allylic oxidation sites excluding steroid dienone is 2. The Balaban J connectivity index is 1.62. The van der Waals surface area contributed by atoms with Crippen LogP contribution in [0.5, 0.6) is 0 Å². The van der Waals surface area contributed by atoms with Crippen LogP contribution in [0.2, 0.25) is 0 Å². The van der Waals surface area contributed by atoms with E-state index in [4.69, 9.17) is 0 Å². The highest BCUT2D eigenvalue weighted by Crippen LogP contribution is 2.33. The summed E-state index contributed by atoms with van der Waals surface area (Å²) in [6.45, 7) is 6.67. The second-order valence-corrected chi connectivity index (χ2v) is 9.30. The molecule has 2 N–H and O–H groups in total. The van der Waals surface area contributed by atoms with Crippen molar-refractivity contribution in [3.63, 3.8) is 0 Å². The van der Waals surface area contributed by atoms with E-state index in [1.54, 1.807) is 10.9 Å². The lowest BCUT2D eigenvalue weighted by atomic mass is 9.78. The van der Waals surface area contributed by atoms with E-state index in [0.29, 0.717) is 18.3 Å². The van der Waals surface area contributed by atoms with Crippen LogP contribution in [0.25, 0.3) is 17.3 Å². The zero-order valence-electron chi connectivity index (χ0n) is 20.7. The van der Waals surface area contributed by atoms with Crippen LogP contribution in [-0.2, 0) is 18.4 Å². The number of benzene rings is 1. The number of nitrogens with one attached hydrogen (secondary N) is 2. The third kappa shape index (κ3) is 4.28. The molecule has 1 aliphatic heterocycles. The normalized spacial score (nSPS) is 14.4. The highest BCUT2D eigenvalue weighted by atomic mass is 16.2. The van der Waals surface area contributed by atoms with Gasteiger partial charge < -0.3 is 5.32 Å². The van der Waals surface area contributed by atoms with Gasteiger partial charge in [0.2, 0.25) is 5.95 Å². The molecule has 0 spiro atoms. The fourth-order valence-electron chi connectivity index (χ4n) is 4.56. The summed E-state index contributed by atoms with van der Waals surface area (Å²) < 4.78 is 5.40. The van der Waals surface area contributed by atoms with Crippen molar-refractivity contribution in [2.75, 3.05) is 0 Å². The highest BCUT2D eigenvalue weighted by molar-refractivity contribution is 5.57. The van der Waals surface area contributed by atoms with Crippen LogP contribution in [0.15, 0.2) is 66.1 Å². The van der Waals surface area contributed by atoms with Crippen LogP contribution in [0.4, 0.5) is 0 Å². The first-order chi connectivity index (χ1) is 17.5. The van der Waals surface area contributed by atoms with Crippen molar-refractivity contribution in [1.29, 1.82) is 0 Å². The summed E-state index contributed by atoms with van der Waals surface area (Å²) in [4.78, 5) is 13.9. The number of tetrazole rings is 1. The molecule has 0 unspecified atom stereocenters. The first-order valence-corrected chi connectivity index (χ1v) is 12.2. The SMILES string of the molecule is CCCCc1cn(-c2nncn2C(C)C)c(=O)n1CC1(c2cccc(-c3nnn[nH]3)c2)C=CNC=C1. The number of hydrogen-bond acceptors (Lipinski definition) is 7. The van der Waals surface area contributed by atoms with E-state index in [9.17, 15) is 4.79 Å². The van der Waals surface area contributed by atoms with Gasteiger partial charge >= 0.3 is 5.69 Å². The molecule has 0 aliphatic carbocycles. The summed E-state index contributed by atoms with van der Waals surface area (Å²) in [5, 5.41) is 25.8. The second kappa shape index (κ2) is 9.76. The number of aryl methyl sites for hydroxylation is 1. The first kappa shape index (κ1) is 23.5. The molecule has 0 saturated carbocycles. The van der Waals surface area contributed by atoms with E-state index in [1.165, 1.54) is 0 Å². The van der Waals surface area contributed by atoms with Gasteiger partial charge in [-0.1, -0.05) is 43.7 Å². The summed E-state index contributed by atoms with van der Waals surface area (Å²) in [7, 11) is 0. The molecule has 3 aromatic heterocycles. The summed E-state index contributed by atoms with van der Waals surface area (Å²) in [6, 6.07) is 8.19. The van der Waals surface area contributed by atoms with Gasteiger partial charge in [0.05, 0.1) is 5.41 Å². The monoisotopic (exact) mass is 486 g/mol. The molecule has 4 heterocycles. The predicted octanol–water partition coefficient (Wildman–Crippen LogP) is 2.90. The average Bonchev–Trinajstić information content (AvgIpc) is 3.65. The van der Waals surface area contributed by atoms with Crippen LogP contribution in [0.3, 0.4) is 0 Å². The van der Waals surface area contributed by atoms with E-state index in [1.807, 2.05) is 53.7 Å². The third-order valence-corrected chi connectivity index (χ3v) is 6.57. The van der Waals surface area contributed by atoms with Crippen molar-refractivity contribution < 1.29 is 0 Å². The molecule has 11 heteroatoms. The van der Waals surface area contributed by atoms with Gasteiger partial charge in [-0.25, -0.2) is 14.5 Å². The lowest BCUT2D eigenvalue weighted by Crippen LogP contribution is -2.36. The number of unbranched alkanes of at least 4 members (excludes halogenated alkanes) is 1. The van der Waals surface area contributed by atoms with E-state index in [-0.39, 0.29) is 11.7 Å². The molecular weight excluding hydrogens is 456 g/mol. The predicted molar refractivity (Wildman–Crippen MR) is 135 cm³/mol. The summed E-state index contributed by atoms with van der Waals surface area (Å²) >= 11 is 0. The average molecular weight is 487 g/mol. The Morgan fingerprint density at radius 3 is 2.69 bits per heavy atom. The van der Waals surface area contributed by atoms with Gasteiger partial charge in [0.1, 0.15) is 6.33 Å². The Morgan fingerprint density at radius 2 is 1.97 bits per heavy atom. The minimum atomic E-state index is -0.558. The topological polar surface area (TPSA) is 124 Å². The number of hydrogen-bond donors (Lipinski definition) is 2. The lowest BCUT2D eigenvalue weighted by molar-refractivity contribution is 0.494. The second-order valence-electron chi connectivity index (χ2n) is 9.30. The van der Waals surface area contributed by atoms with Crippen molar-refractivity contribution in [2.45, 2.75) is 58.0 Å². The molecule has 11 nitrogen and oxygen atoms in total. The van der Waals surface area contributed by atoms with E-state index < -0.39 is 5.41 Å². The van der Waals surface area contributed by atoms with E-state index in [2.05, 4.69) is 67.3 Å². The zero-order chi connectivity index (χ0) is 25.1. The molecule has 0 radical (unpaired) electrons. The van der Waals surface area contributed by atoms with Crippen molar-refractivity contribution in [1.82, 2.24) is 49.8 Å². The Hall–Kier alpha value is -4.28. The van der Waals surface area contributed by atoms with Gasteiger partial charge in [0.15, 0.2) is 5.82 Å². The number of dihydropyridines is 1. The molecule has 186 valence electrons. The Labute approximate surface area is 208 Å². The third-order valence-electron chi connectivity index (χ3n) is 6.57.